The number of ether oxygens (including phenoxy) is 1. The Bertz CT molecular complexity index is 667. The van der Waals surface area contributed by atoms with Gasteiger partial charge < -0.3 is 9.64 Å². The molecule has 2 heterocycles. The van der Waals surface area contributed by atoms with Crippen molar-refractivity contribution in [3.05, 3.63) is 29.8 Å². The van der Waals surface area contributed by atoms with Crippen molar-refractivity contribution in [1.29, 1.82) is 0 Å². The van der Waals surface area contributed by atoms with Gasteiger partial charge in [0.1, 0.15) is 5.75 Å². The number of thioether (sulfide) groups is 1. The van der Waals surface area contributed by atoms with Gasteiger partial charge in [0.25, 0.3) is 0 Å². The van der Waals surface area contributed by atoms with Crippen molar-refractivity contribution >= 4 is 17.7 Å². The first-order valence-corrected chi connectivity index (χ1v) is 9.04. The third kappa shape index (κ3) is 4.25. The molecule has 1 aromatic heterocycles. The van der Waals surface area contributed by atoms with E-state index in [2.05, 4.69) is 15.5 Å². The maximum absolute atomic E-state index is 12.2. The van der Waals surface area contributed by atoms with Crippen LogP contribution in [0.3, 0.4) is 0 Å². The van der Waals surface area contributed by atoms with Gasteiger partial charge in [-0.25, -0.2) is 4.68 Å². The Morgan fingerprint density at radius 2 is 1.96 bits per heavy atom. The molecule has 0 bridgehead atoms. The number of benzene rings is 1. The number of rotatable bonds is 6. The van der Waals surface area contributed by atoms with Crippen LogP contribution in [-0.4, -0.2) is 57.0 Å². The number of likely N-dealkylation sites (tertiary alicyclic amines) is 1. The first kappa shape index (κ1) is 16.8. The van der Waals surface area contributed by atoms with Gasteiger partial charge in [-0.05, 0) is 47.4 Å². The molecule has 1 fully saturated rings. The molecule has 0 aliphatic carbocycles. The summed E-state index contributed by atoms with van der Waals surface area (Å²) in [6.07, 6.45) is 3.42. The summed E-state index contributed by atoms with van der Waals surface area (Å²) in [5.74, 6) is 1.36. The zero-order valence-electron chi connectivity index (χ0n) is 13.7. The average molecular weight is 347 g/mol. The maximum atomic E-state index is 12.2. The van der Waals surface area contributed by atoms with Gasteiger partial charge in [0.2, 0.25) is 11.1 Å². The lowest BCUT2D eigenvalue weighted by Gasteiger charge is -2.26. The molecule has 8 heteroatoms. The van der Waals surface area contributed by atoms with E-state index in [4.69, 9.17) is 4.74 Å². The Morgan fingerprint density at radius 3 is 2.67 bits per heavy atom. The van der Waals surface area contributed by atoms with Crippen molar-refractivity contribution in [3.8, 4) is 5.75 Å². The van der Waals surface area contributed by atoms with Crippen molar-refractivity contribution in [1.82, 2.24) is 25.1 Å². The summed E-state index contributed by atoms with van der Waals surface area (Å²) in [6, 6.07) is 7.78. The van der Waals surface area contributed by atoms with Gasteiger partial charge in [0.05, 0.1) is 19.4 Å². The zero-order chi connectivity index (χ0) is 16.8. The lowest BCUT2D eigenvalue weighted by Crippen LogP contribution is -2.36. The van der Waals surface area contributed by atoms with Crippen LogP contribution < -0.4 is 4.74 Å². The Kier molecular flexibility index (Phi) is 5.68. The van der Waals surface area contributed by atoms with Crippen LogP contribution in [0.1, 0.15) is 24.8 Å². The third-order valence-corrected chi connectivity index (χ3v) is 4.97. The molecule has 0 radical (unpaired) electrons. The highest BCUT2D eigenvalue weighted by Gasteiger charge is 2.18. The fourth-order valence-electron chi connectivity index (χ4n) is 2.66. The van der Waals surface area contributed by atoms with E-state index in [1.165, 1.54) is 18.2 Å². The fraction of sp³-hybridized carbons (Fsp3) is 0.500. The molecule has 0 spiro atoms. The molecule has 1 amide bonds. The number of hydrogen-bond donors (Lipinski definition) is 0. The molecule has 1 saturated heterocycles. The van der Waals surface area contributed by atoms with E-state index in [0.717, 1.165) is 37.2 Å². The van der Waals surface area contributed by atoms with Crippen molar-refractivity contribution in [3.63, 3.8) is 0 Å². The number of amides is 1. The first-order valence-electron chi connectivity index (χ1n) is 8.06. The number of nitrogens with zero attached hydrogens (tertiary/aromatic N) is 5. The van der Waals surface area contributed by atoms with Crippen LogP contribution in [0.2, 0.25) is 0 Å². The predicted octanol–water partition coefficient (Wildman–Crippen LogP) is 1.83. The molecule has 1 aliphatic rings. The molecule has 0 unspecified atom stereocenters. The summed E-state index contributed by atoms with van der Waals surface area (Å²) in [5, 5.41) is 12.5. The van der Waals surface area contributed by atoms with Crippen LogP contribution in [0.4, 0.5) is 0 Å². The van der Waals surface area contributed by atoms with Crippen LogP contribution in [0.25, 0.3) is 0 Å². The number of piperidine rings is 1. The quantitative estimate of drug-likeness (QED) is 0.743. The predicted molar refractivity (Wildman–Crippen MR) is 91.1 cm³/mol. The molecule has 0 atom stereocenters. The molecule has 1 aliphatic heterocycles. The van der Waals surface area contributed by atoms with Crippen LogP contribution in [0.15, 0.2) is 29.4 Å². The number of hydrogen-bond acceptors (Lipinski definition) is 6. The highest BCUT2D eigenvalue weighted by molar-refractivity contribution is 7.99. The van der Waals surface area contributed by atoms with Crippen LogP contribution in [0.5, 0.6) is 5.75 Å². The molecule has 0 N–H and O–H groups in total. The molecule has 1 aromatic carbocycles. The number of tetrazole rings is 1. The Morgan fingerprint density at radius 1 is 1.21 bits per heavy atom. The van der Waals surface area contributed by atoms with Gasteiger partial charge in [0.15, 0.2) is 0 Å². The minimum Gasteiger partial charge on any atom is -0.497 e. The van der Waals surface area contributed by atoms with Crippen molar-refractivity contribution in [2.75, 3.05) is 26.0 Å². The summed E-state index contributed by atoms with van der Waals surface area (Å²) in [4.78, 5) is 14.2. The van der Waals surface area contributed by atoms with Crippen LogP contribution >= 0.6 is 11.8 Å². The lowest BCUT2D eigenvalue weighted by atomic mass is 10.1. The molecule has 24 heavy (non-hydrogen) atoms. The van der Waals surface area contributed by atoms with E-state index >= 15 is 0 Å². The van der Waals surface area contributed by atoms with Crippen molar-refractivity contribution in [2.24, 2.45) is 0 Å². The van der Waals surface area contributed by atoms with Gasteiger partial charge in [0, 0.05) is 13.1 Å². The highest BCUT2D eigenvalue weighted by atomic mass is 32.2. The SMILES string of the molecule is COc1ccc(Cn2nnnc2SCC(=O)N2CCCCC2)cc1. The minimum atomic E-state index is 0.165. The van der Waals surface area contributed by atoms with Gasteiger partial charge in [-0.3, -0.25) is 4.79 Å². The highest BCUT2D eigenvalue weighted by Crippen LogP contribution is 2.18. The maximum Gasteiger partial charge on any atom is 0.233 e. The number of carbonyl (C=O) groups is 1. The van der Waals surface area contributed by atoms with Crippen LogP contribution in [-0.2, 0) is 11.3 Å². The second kappa shape index (κ2) is 8.14. The number of aromatic nitrogens is 4. The smallest absolute Gasteiger partial charge is 0.233 e. The summed E-state index contributed by atoms with van der Waals surface area (Å²) < 4.78 is 6.88. The third-order valence-electron chi connectivity index (χ3n) is 4.02. The topological polar surface area (TPSA) is 73.1 Å². The Hall–Kier alpha value is -2.09. The number of carbonyl (C=O) groups excluding carboxylic acids is 1. The standard InChI is InChI=1S/C16H21N5O2S/c1-23-14-7-5-13(6-8-14)11-21-16(17-18-19-21)24-12-15(22)20-9-3-2-4-10-20/h5-8H,2-4,9-12H2,1H3. The fourth-order valence-corrected chi connectivity index (χ4v) is 3.44. The molecule has 128 valence electrons. The summed E-state index contributed by atoms with van der Waals surface area (Å²) in [6.45, 7) is 2.31. The minimum absolute atomic E-state index is 0.165. The van der Waals surface area contributed by atoms with Crippen LogP contribution in [0, 0.1) is 0 Å². The molecular weight excluding hydrogens is 326 g/mol. The normalized spacial score (nSPS) is 14.6. The van der Waals surface area contributed by atoms with E-state index in [1.54, 1.807) is 11.8 Å². The van der Waals surface area contributed by atoms with E-state index in [0.29, 0.717) is 17.5 Å². The van der Waals surface area contributed by atoms with E-state index in [9.17, 15) is 4.79 Å². The van der Waals surface area contributed by atoms with Crippen molar-refractivity contribution in [2.45, 2.75) is 31.0 Å². The van der Waals surface area contributed by atoms with E-state index < -0.39 is 0 Å². The summed E-state index contributed by atoms with van der Waals surface area (Å²) >= 11 is 1.39. The number of methoxy groups -OCH3 is 1. The average Bonchev–Trinajstić information content (AvgIpc) is 3.08. The van der Waals surface area contributed by atoms with E-state index in [1.807, 2.05) is 29.2 Å². The van der Waals surface area contributed by atoms with Gasteiger partial charge in [-0.1, -0.05) is 23.9 Å². The lowest BCUT2D eigenvalue weighted by molar-refractivity contribution is -0.129. The monoisotopic (exact) mass is 347 g/mol. The largest absolute Gasteiger partial charge is 0.497 e. The zero-order valence-corrected chi connectivity index (χ0v) is 14.5. The van der Waals surface area contributed by atoms with E-state index in [-0.39, 0.29) is 5.91 Å². The molecule has 7 nitrogen and oxygen atoms in total. The first-order chi connectivity index (χ1) is 11.8. The second-order valence-electron chi connectivity index (χ2n) is 5.70. The Labute approximate surface area is 145 Å². The summed E-state index contributed by atoms with van der Waals surface area (Å²) in [7, 11) is 1.64. The van der Waals surface area contributed by atoms with Gasteiger partial charge in [-0.2, -0.15) is 0 Å². The van der Waals surface area contributed by atoms with Gasteiger partial charge in [-0.15, -0.1) is 5.10 Å². The molecule has 2 aromatic rings. The second-order valence-corrected chi connectivity index (χ2v) is 6.64. The van der Waals surface area contributed by atoms with Gasteiger partial charge >= 0.3 is 0 Å². The summed E-state index contributed by atoms with van der Waals surface area (Å²) in [5.41, 5.74) is 1.08. The molecular formula is C16H21N5O2S. The molecule has 0 saturated carbocycles. The Balaban J connectivity index is 1.57. The molecule has 3 rings (SSSR count). The van der Waals surface area contributed by atoms with Crippen molar-refractivity contribution < 1.29 is 9.53 Å².